The van der Waals surface area contributed by atoms with Crippen molar-refractivity contribution in [2.75, 3.05) is 0 Å². The summed E-state index contributed by atoms with van der Waals surface area (Å²) in [7, 11) is 0. The van der Waals surface area contributed by atoms with Gasteiger partial charge in [-0.2, -0.15) is 0 Å². The summed E-state index contributed by atoms with van der Waals surface area (Å²) >= 11 is 3.97. The van der Waals surface area contributed by atoms with Gasteiger partial charge >= 0.3 is 55.7 Å². The van der Waals surface area contributed by atoms with Crippen LogP contribution in [0.1, 0.15) is 0 Å². The molecule has 0 atom stereocenters. The van der Waals surface area contributed by atoms with Crippen molar-refractivity contribution in [2.24, 2.45) is 0 Å². The first kappa shape index (κ1) is 7.34. The van der Waals surface area contributed by atoms with Crippen LogP contribution in [0.15, 0.2) is 0 Å². The van der Waals surface area contributed by atoms with Crippen molar-refractivity contribution in [1.82, 2.24) is 0 Å². The zero-order valence-electron chi connectivity index (χ0n) is 2.42. The van der Waals surface area contributed by atoms with Gasteiger partial charge in [0.05, 0.1) is 0 Å². The number of halogens is 4. The van der Waals surface area contributed by atoms with Gasteiger partial charge in [0.15, 0.2) is 0 Å². The molecule has 0 heterocycles. The minimum absolute atomic E-state index is 0.792. The van der Waals surface area contributed by atoms with Gasteiger partial charge < -0.3 is 0 Å². The molecular formula is CBr2F2Se. The Hall–Kier alpha value is 1.34. The molecule has 0 amide bonds. The van der Waals surface area contributed by atoms with E-state index in [9.17, 15) is 8.78 Å². The molecule has 0 aliphatic rings. The summed E-state index contributed by atoms with van der Waals surface area (Å²) in [5, 5.41) is 0. The molecule has 0 unspecified atom stereocenters. The van der Waals surface area contributed by atoms with Crippen molar-refractivity contribution in [3.05, 3.63) is 0 Å². The molecular weight excluding hydrogens is 289 g/mol. The summed E-state index contributed by atoms with van der Waals surface area (Å²) in [6.45, 7) is 0. The van der Waals surface area contributed by atoms with E-state index in [2.05, 4.69) is 30.0 Å². The zero-order chi connectivity index (χ0) is 5.21. The van der Waals surface area contributed by atoms with Gasteiger partial charge in [0.25, 0.3) is 0 Å². The zero-order valence-corrected chi connectivity index (χ0v) is 7.31. The second-order valence-electron chi connectivity index (χ2n) is 0.523. The molecule has 0 nitrogen and oxygen atoms in total. The fourth-order valence-electron chi connectivity index (χ4n) is 0. The molecule has 0 aromatic heterocycles. The van der Waals surface area contributed by atoms with Crippen molar-refractivity contribution in [3.8, 4) is 0 Å². The van der Waals surface area contributed by atoms with Gasteiger partial charge in [0.1, 0.15) is 0 Å². The standard InChI is InChI=1S/CBr2F2Se/c2-1(4,5)6-3. The van der Waals surface area contributed by atoms with Crippen LogP contribution in [0.4, 0.5) is 8.78 Å². The molecule has 0 fully saturated rings. The average molecular weight is 289 g/mol. The van der Waals surface area contributed by atoms with Crippen molar-refractivity contribution < 1.29 is 8.78 Å². The van der Waals surface area contributed by atoms with Gasteiger partial charge in [-0.1, -0.05) is 0 Å². The molecule has 0 spiro atoms. The van der Waals surface area contributed by atoms with E-state index in [1.54, 1.807) is 0 Å². The summed E-state index contributed by atoms with van der Waals surface area (Å²) in [5.74, 6) is 0. The molecule has 0 aliphatic heterocycles. The molecule has 0 saturated heterocycles. The molecule has 6 heavy (non-hydrogen) atoms. The Bertz CT molecular complexity index is 41.3. The first-order valence-corrected chi connectivity index (χ1v) is 6.59. The van der Waals surface area contributed by atoms with Gasteiger partial charge in [-0.05, 0) is 0 Å². The Morgan fingerprint density at radius 2 is 1.67 bits per heavy atom. The first-order valence-electron chi connectivity index (χ1n) is 0.925. The maximum absolute atomic E-state index is 11.3. The Kier molecular flexibility index (Phi) is 3.18. The van der Waals surface area contributed by atoms with Crippen molar-refractivity contribution in [1.29, 1.82) is 0 Å². The van der Waals surface area contributed by atoms with Crippen LogP contribution < -0.4 is 0 Å². The molecule has 0 N–H and O–H groups in total. The fourth-order valence-corrected chi connectivity index (χ4v) is 0. The Morgan fingerprint density at radius 1 is 1.50 bits per heavy atom. The monoisotopic (exact) mass is 288 g/mol. The molecule has 0 aliphatic carbocycles. The second-order valence-corrected chi connectivity index (χ2v) is 5.78. The van der Waals surface area contributed by atoms with Crippen LogP contribution in [0.5, 0.6) is 0 Å². The van der Waals surface area contributed by atoms with E-state index in [1.165, 1.54) is 0 Å². The van der Waals surface area contributed by atoms with E-state index in [4.69, 9.17) is 0 Å². The second kappa shape index (κ2) is 2.60. The topological polar surface area (TPSA) is 0 Å². The van der Waals surface area contributed by atoms with Gasteiger partial charge in [0, 0.05) is 0 Å². The third-order valence-electron chi connectivity index (χ3n) is 0.0875. The summed E-state index contributed by atoms with van der Waals surface area (Å²) in [6.07, 6.45) is 0. The molecule has 0 radical (unpaired) electrons. The maximum atomic E-state index is 11.3. The van der Waals surface area contributed by atoms with Crippen LogP contribution in [0, 0.1) is 0 Å². The summed E-state index contributed by atoms with van der Waals surface area (Å²) in [4.78, 5) is 0. The SMILES string of the molecule is FC(F)(Br)[Se]Br. The number of rotatable bonds is 1. The molecule has 0 aromatic rings. The molecule has 0 saturated carbocycles. The summed E-state index contributed by atoms with van der Waals surface area (Å²) in [6, 6.07) is 0. The third-order valence-corrected chi connectivity index (χ3v) is 5.67. The first-order chi connectivity index (χ1) is 2.56. The van der Waals surface area contributed by atoms with Gasteiger partial charge in [-0.15, -0.1) is 0 Å². The van der Waals surface area contributed by atoms with E-state index >= 15 is 0 Å². The predicted octanol–water partition coefficient (Wildman–Crippen LogP) is 1.95. The van der Waals surface area contributed by atoms with Crippen LogP contribution in [-0.4, -0.2) is 16.9 Å². The van der Waals surface area contributed by atoms with E-state index in [0.29, 0.717) is 0 Å². The number of alkyl halides is 3. The normalized spacial score (nSPS) is 12.0. The van der Waals surface area contributed by atoms with Gasteiger partial charge in [-0.3, -0.25) is 0 Å². The molecule has 0 rings (SSSR count). The summed E-state index contributed by atoms with van der Waals surface area (Å²) in [5.41, 5.74) is 0. The van der Waals surface area contributed by atoms with Crippen LogP contribution in [-0.2, 0) is 0 Å². The Morgan fingerprint density at radius 3 is 1.67 bits per heavy atom. The predicted molar refractivity (Wildman–Crippen MR) is 28.6 cm³/mol. The number of hydrogen-bond donors (Lipinski definition) is 0. The van der Waals surface area contributed by atoms with Crippen molar-refractivity contribution in [3.63, 3.8) is 0 Å². The van der Waals surface area contributed by atoms with Gasteiger partial charge in [0.2, 0.25) is 0 Å². The van der Waals surface area contributed by atoms with Crippen molar-refractivity contribution in [2.45, 2.75) is 3.73 Å². The van der Waals surface area contributed by atoms with E-state index in [1.807, 2.05) is 0 Å². The fraction of sp³-hybridized carbons (Fsp3) is 1.00. The van der Waals surface area contributed by atoms with E-state index < -0.39 is 16.9 Å². The van der Waals surface area contributed by atoms with E-state index in [0.717, 1.165) is 0 Å². The Balaban J connectivity index is 3.17. The van der Waals surface area contributed by atoms with Crippen LogP contribution in [0.3, 0.4) is 0 Å². The van der Waals surface area contributed by atoms with Gasteiger partial charge in [-0.25, -0.2) is 0 Å². The molecule has 38 valence electrons. The Labute approximate surface area is 55.7 Å². The number of hydrogen-bond acceptors (Lipinski definition) is 0. The van der Waals surface area contributed by atoms with Crippen LogP contribution in [0.2, 0.25) is 0 Å². The molecule has 0 bridgehead atoms. The average Bonchev–Trinajstić information content (AvgIpc) is 1.35. The van der Waals surface area contributed by atoms with Crippen molar-refractivity contribution >= 4 is 43.2 Å². The third kappa shape index (κ3) is 5.34. The molecule has 5 heteroatoms. The molecule has 0 aromatic carbocycles. The summed E-state index contributed by atoms with van der Waals surface area (Å²) < 4.78 is 20.0. The van der Waals surface area contributed by atoms with Crippen LogP contribution >= 0.6 is 30.0 Å². The quantitative estimate of drug-likeness (QED) is 0.511. The van der Waals surface area contributed by atoms with E-state index in [-0.39, 0.29) is 0 Å². The minimum atomic E-state index is -2.67. The van der Waals surface area contributed by atoms with Crippen LogP contribution in [0.25, 0.3) is 0 Å².